The average Bonchev–Trinajstić information content (AvgIpc) is 2.11. The van der Waals surface area contributed by atoms with E-state index in [1.807, 2.05) is 0 Å². The van der Waals surface area contributed by atoms with Crippen LogP contribution in [-0.2, 0) is 11.2 Å². The lowest BCUT2D eigenvalue weighted by Gasteiger charge is -2.02. The molecule has 0 saturated carbocycles. The number of hydrogen-bond acceptors (Lipinski definition) is 1. The van der Waals surface area contributed by atoms with Crippen molar-refractivity contribution in [3.05, 3.63) is 34.1 Å². The summed E-state index contributed by atoms with van der Waals surface area (Å²) in [5, 5.41) is 2.44. The summed E-state index contributed by atoms with van der Waals surface area (Å²) in [5.74, 6) is -0.552. The number of likely N-dealkylation sites (N-methyl/N-ethyl adjacent to an activating group) is 1. The van der Waals surface area contributed by atoms with Crippen LogP contribution in [0.2, 0.25) is 0 Å². The minimum Gasteiger partial charge on any atom is -0.359 e. The summed E-state index contributed by atoms with van der Waals surface area (Å²) < 4.78 is 13.8. The smallest absolute Gasteiger partial charge is 0.224 e. The number of benzene rings is 1. The van der Waals surface area contributed by atoms with Crippen LogP contribution < -0.4 is 5.32 Å². The van der Waals surface area contributed by atoms with Crippen molar-refractivity contribution < 1.29 is 9.18 Å². The summed E-state index contributed by atoms with van der Waals surface area (Å²) in [4.78, 5) is 11.0. The molecule has 0 aliphatic heterocycles. The molecule has 0 aromatic heterocycles. The summed E-state index contributed by atoms with van der Waals surface area (Å²) >= 11 is 3.21. The first-order chi connectivity index (χ1) is 6.13. The van der Waals surface area contributed by atoms with Crippen molar-refractivity contribution >= 4 is 21.8 Å². The summed E-state index contributed by atoms with van der Waals surface area (Å²) in [7, 11) is 1.53. The van der Waals surface area contributed by atoms with Gasteiger partial charge in [0.15, 0.2) is 0 Å². The van der Waals surface area contributed by atoms with E-state index in [2.05, 4.69) is 21.2 Å². The molecule has 4 heteroatoms. The van der Waals surface area contributed by atoms with Gasteiger partial charge in [0.1, 0.15) is 5.82 Å². The first-order valence-electron chi connectivity index (χ1n) is 3.78. The Morgan fingerprint density at radius 2 is 2.31 bits per heavy atom. The fourth-order valence-corrected chi connectivity index (χ4v) is 1.35. The van der Waals surface area contributed by atoms with Crippen molar-refractivity contribution in [1.29, 1.82) is 0 Å². The molecule has 1 rings (SSSR count). The van der Waals surface area contributed by atoms with E-state index in [4.69, 9.17) is 0 Å². The highest BCUT2D eigenvalue weighted by Crippen LogP contribution is 2.15. The maximum atomic E-state index is 13.1. The molecule has 0 fully saturated rings. The summed E-state index contributed by atoms with van der Waals surface area (Å²) in [6, 6.07) is 4.54. The lowest BCUT2D eigenvalue weighted by molar-refractivity contribution is -0.120. The minimum atomic E-state index is -0.355. The topological polar surface area (TPSA) is 29.1 Å². The van der Waals surface area contributed by atoms with Crippen LogP contribution in [0, 0.1) is 5.82 Å². The first-order valence-corrected chi connectivity index (χ1v) is 4.57. The number of hydrogen-bond donors (Lipinski definition) is 1. The van der Waals surface area contributed by atoms with Gasteiger partial charge in [0.25, 0.3) is 0 Å². The average molecular weight is 246 g/mol. The van der Waals surface area contributed by atoms with Gasteiger partial charge in [-0.3, -0.25) is 4.79 Å². The van der Waals surface area contributed by atoms with Crippen molar-refractivity contribution in [2.45, 2.75) is 6.42 Å². The van der Waals surface area contributed by atoms with Gasteiger partial charge < -0.3 is 5.32 Å². The van der Waals surface area contributed by atoms with Gasteiger partial charge in [0.2, 0.25) is 5.91 Å². The highest BCUT2D eigenvalue weighted by molar-refractivity contribution is 9.10. The zero-order valence-corrected chi connectivity index (χ0v) is 8.69. The predicted molar refractivity (Wildman–Crippen MR) is 51.9 cm³/mol. The molecule has 1 amide bonds. The fourth-order valence-electron chi connectivity index (χ4n) is 0.940. The van der Waals surface area contributed by atoms with E-state index in [0.717, 1.165) is 4.47 Å². The predicted octanol–water partition coefficient (Wildman–Crippen LogP) is 1.88. The highest BCUT2D eigenvalue weighted by atomic mass is 79.9. The van der Waals surface area contributed by atoms with Crippen LogP contribution in [0.15, 0.2) is 22.7 Å². The molecule has 0 atom stereocenters. The molecule has 0 radical (unpaired) electrons. The van der Waals surface area contributed by atoms with Crippen molar-refractivity contribution in [1.82, 2.24) is 5.32 Å². The van der Waals surface area contributed by atoms with Gasteiger partial charge in [-0.2, -0.15) is 0 Å². The number of nitrogens with one attached hydrogen (secondary N) is 1. The van der Waals surface area contributed by atoms with Crippen LogP contribution >= 0.6 is 15.9 Å². The molecule has 70 valence electrons. The second-order valence-corrected chi connectivity index (χ2v) is 3.50. The Kier molecular flexibility index (Phi) is 3.42. The van der Waals surface area contributed by atoms with Crippen molar-refractivity contribution in [3.63, 3.8) is 0 Å². The normalized spacial score (nSPS) is 9.77. The molecule has 2 nitrogen and oxygen atoms in total. The standard InChI is InChI=1S/C9H9BrFNO/c1-12-9(13)5-6-4-7(10)2-3-8(6)11/h2-4H,5H2,1H3,(H,12,13). The second kappa shape index (κ2) is 4.37. The number of carbonyl (C=O) groups excluding carboxylic acids is 1. The Bertz CT molecular complexity index is 327. The molecule has 13 heavy (non-hydrogen) atoms. The van der Waals surface area contributed by atoms with E-state index in [-0.39, 0.29) is 18.1 Å². The van der Waals surface area contributed by atoms with Gasteiger partial charge in [-0.05, 0) is 23.8 Å². The van der Waals surface area contributed by atoms with Crippen molar-refractivity contribution in [2.24, 2.45) is 0 Å². The molecular weight excluding hydrogens is 237 g/mol. The third-order valence-corrected chi connectivity index (χ3v) is 2.13. The molecule has 1 aromatic rings. The summed E-state index contributed by atoms with van der Waals surface area (Å²) in [6.45, 7) is 0. The molecular formula is C9H9BrFNO. The van der Waals surface area contributed by atoms with Gasteiger partial charge >= 0.3 is 0 Å². The molecule has 0 unspecified atom stereocenters. The van der Waals surface area contributed by atoms with Gasteiger partial charge in [0, 0.05) is 11.5 Å². The van der Waals surface area contributed by atoms with Crippen LogP contribution in [0.4, 0.5) is 4.39 Å². The number of halogens is 2. The summed E-state index contributed by atoms with van der Waals surface area (Å²) in [5.41, 5.74) is 0.397. The molecule has 0 spiro atoms. The number of rotatable bonds is 2. The van der Waals surface area contributed by atoms with Gasteiger partial charge in [0.05, 0.1) is 6.42 Å². The Morgan fingerprint density at radius 3 is 2.92 bits per heavy atom. The maximum Gasteiger partial charge on any atom is 0.224 e. The Hall–Kier alpha value is -0.900. The van der Waals surface area contributed by atoms with Crippen molar-refractivity contribution in [3.8, 4) is 0 Å². The van der Waals surface area contributed by atoms with E-state index < -0.39 is 0 Å². The van der Waals surface area contributed by atoms with Gasteiger partial charge in [-0.15, -0.1) is 0 Å². The third-order valence-electron chi connectivity index (χ3n) is 1.64. The molecule has 0 aliphatic carbocycles. The zero-order chi connectivity index (χ0) is 9.84. The third kappa shape index (κ3) is 2.81. The maximum absolute atomic E-state index is 13.1. The van der Waals surface area contributed by atoms with Crippen LogP contribution in [0.25, 0.3) is 0 Å². The fraction of sp³-hybridized carbons (Fsp3) is 0.222. The van der Waals surface area contributed by atoms with Gasteiger partial charge in [-0.1, -0.05) is 15.9 Å². The number of amides is 1. The van der Waals surface area contributed by atoms with Crippen LogP contribution in [0.3, 0.4) is 0 Å². The quantitative estimate of drug-likeness (QED) is 0.848. The first kappa shape index (κ1) is 10.2. The zero-order valence-electron chi connectivity index (χ0n) is 7.10. The van der Waals surface area contributed by atoms with Gasteiger partial charge in [-0.25, -0.2) is 4.39 Å². The Morgan fingerprint density at radius 1 is 1.62 bits per heavy atom. The molecule has 0 aliphatic rings. The largest absolute Gasteiger partial charge is 0.359 e. The monoisotopic (exact) mass is 245 g/mol. The van der Waals surface area contributed by atoms with E-state index >= 15 is 0 Å². The number of carbonyl (C=O) groups is 1. The minimum absolute atomic E-state index is 0.0712. The molecule has 1 aromatic carbocycles. The highest BCUT2D eigenvalue weighted by Gasteiger charge is 2.06. The molecule has 1 N–H and O–H groups in total. The molecule has 0 heterocycles. The summed E-state index contributed by atoms with van der Waals surface area (Å²) in [6.07, 6.45) is 0.0712. The van der Waals surface area contributed by atoms with E-state index in [1.54, 1.807) is 12.1 Å². The lowest BCUT2D eigenvalue weighted by atomic mass is 10.1. The Balaban J connectivity index is 2.87. The van der Waals surface area contributed by atoms with E-state index in [1.165, 1.54) is 13.1 Å². The molecule has 0 saturated heterocycles. The Labute approximate surface area is 84.3 Å². The SMILES string of the molecule is CNC(=O)Cc1cc(Br)ccc1F. The van der Waals surface area contributed by atoms with E-state index in [9.17, 15) is 9.18 Å². The van der Waals surface area contributed by atoms with E-state index in [0.29, 0.717) is 5.56 Å². The lowest BCUT2D eigenvalue weighted by Crippen LogP contribution is -2.20. The van der Waals surface area contributed by atoms with Crippen LogP contribution in [-0.4, -0.2) is 13.0 Å². The van der Waals surface area contributed by atoms with Crippen LogP contribution in [0.5, 0.6) is 0 Å². The van der Waals surface area contributed by atoms with Crippen LogP contribution in [0.1, 0.15) is 5.56 Å². The second-order valence-electron chi connectivity index (χ2n) is 2.59. The van der Waals surface area contributed by atoms with Crippen molar-refractivity contribution in [2.75, 3.05) is 7.05 Å². The molecule has 0 bridgehead atoms.